The van der Waals surface area contributed by atoms with Crippen molar-refractivity contribution in [1.82, 2.24) is 25.1 Å². The second kappa shape index (κ2) is 13.2. The Morgan fingerprint density at radius 3 is 2.12 bits per heavy atom. The largest absolute Gasteiger partial charge is 0.416 e. The molecule has 0 aliphatic rings. The topological polar surface area (TPSA) is 95.9 Å². The van der Waals surface area contributed by atoms with E-state index in [9.17, 15) is 31.1 Å². The van der Waals surface area contributed by atoms with Crippen molar-refractivity contribution in [1.29, 1.82) is 0 Å². The van der Waals surface area contributed by atoms with Crippen LogP contribution in [0.1, 0.15) is 59.3 Å². The number of nitrogens with zero attached hydrogens (tertiary/aromatic N) is 5. The molecule has 0 aliphatic carbocycles. The summed E-state index contributed by atoms with van der Waals surface area (Å²) in [4.78, 5) is 18.5. The maximum atomic E-state index is 14.6. The van der Waals surface area contributed by atoms with Gasteiger partial charge in [0, 0.05) is 23.5 Å². The molecule has 5 rings (SSSR count). The Balaban J connectivity index is 1.67. The van der Waals surface area contributed by atoms with Crippen molar-refractivity contribution in [3.8, 4) is 22.5 Å². The van der Waals surface area contributed by atoms with Gasteiger partial charge in [-0.15, -0.1) is 5.10 Å². The highest BCUT2D eigenvalue weighted by Crippen LogP contribution is 2.40. The van der Waals surface area contributed by atoms with Gasteiger partial charge in [0.05, 0.1) is 34.9 Å². The predicted molar refractivity (Wildman–Crippen MR) is 171 cm³/mol. The monoisotopic (exact) mass is 721 g/mol. The van der Waals surface area contributed by atoms with Gasteiger partial charge >= 0.3 is 12.4 Å². The van der Waals surface area contributed by atoms with E-state index in [-0.39, 0.29) is 56.7 Å². The third-order valence-corrected chi connectivity index (χ3v) is 13.2. The molecule has 0 saturated carbocycles. The van der Waals surface area contributed by atoms with Crippen molar-refractivity contribution in [2.24, 2.45) is 0 Å². The maximum absolute atomic E-state index is 14.6. The van der Waals surface area contributed by atoms with Crippen LogP contribution in [0.25, 0.3) is 22.5 Å². The van der Waals surface area contributed by atoms with E-state index in [2.05, 4.69) is 20.5 Å². The molecule has 0 radical (unpaired) electrons. The summed E-state index contributed by atoms with van der Waals surface area (Å²) in [5.41, 5.74) is -2.84. The van der Waals surface area contributed by atoms with Gasteiger partial charge in [-0.3, -0.25) is 9.78 Å². The zero-order valence-electron chi connectivity index (χ0n) is 26.9. The van der Waals surface area contributed by atoms with Gasteiger partial charge in [-0.2, -0.15) is 26.3 Å². The number of hydrogen-bond acceptors (Lipinski definition) is 7. The van der Waals surface area contributed by atoms with Gasteiger partial charge < -0.3 is 8.95 Å². The van der Waals surface area contributed by atoms with E-state index in [4.69, 9.17) is 20.6 Å². The minimum absolute atomic E-state index is 0.0148. The molecule has 0 fully saturated rings. The Labute approximate surface area is 283 Å². The fourth-order valence-electron chi connectivity index (χ4n) is 4.73. The Hall–Kier alpha value is -4.34. The minimum atomic E-state index is -5.06. The van der Waals surface area contributed by atoms with Crippen LogP contribution in [0.2, 0.25) is 23.2 Å². The summed E-state index contributed by atoms with van der Waals surface area (Å²) < 4.78 is 95.0. The Morgan fingerprint density at radius 2 is 1.55 bits per heavy atom. The fourth-order valence-corrected chi connectivity index (χ4v) is 5.88. The number of alkyl halides is 6. The van der Waals surface area contributed by atoms with Crippen LogP contribution in [0.3, 0.4) is 0 Å². The number of aromatic nitrogens is 5. The summed E-state index contributed by atoms with van der Waals surface area (Å²) in [7, 11) is -2.37. The molecule has 49 heavy (non-hydrogen) atoms. The molecular formula is C33H30ClF6N5O3Si. The van der Waals surface area contributed by atoms with Gasteiger partial charge in [0.2, 0.25) is 5.78 Å². The molecule has 3 heterocycles. The number of ketones is 1. The van der Waals surface area contributed by atoms with Crippen molar-refractivity contribution >= 4 is 25.7 Å². The lowest BCUT2D eigenvalue weighted by Gasteiger charge is -2.35. The standard InChI is InChI=1S/C33H30ClF6N5O3Si/c1-31(2,3)49(4,5)47-18-25-26(27(43-48-25)23-8-6-7-9-24(23)34)30(46)28-29(20-10-12-41-13-11-20)45(44-42-28)17-19-14-21(32(35,36)37)16-22(15-19)33(38,39)40/h6-16H,17-18H2,1-5H3. The molecule has 16 heteroatoms. The molecule has 0 amide bonds. The molecular weight excluding hydrogens is 692 g/mol. The second-order valence-electron chi connectivity index (χ2n) is 12.8. The van der Waals surface area contributed by atoms with E-state index in [1.54, 1.807) is 24.3 Å². The van der Waals surface area contributed by atoms with Gasteiger partial charge in [0.25, 0.3) is 0 Å². The molecule has 0 N–H and O–H groups in total. The Morgan fingerprint density at radius 1 is 0.939 bits per heavy atom. The third-order valence-electron chi connectivity index (χ3n) is 8.37. The molecule has 2 aromatic carbocycles. The summed E-state index contributed by atoms with van der Waals surface area (Å²) in [6.07, 6.45) is -7.31. The second-order valence-corrected chi connectivity index (χ2v) is 18.0. The normalized spacial score (nSPS) is 12.8. The van der Waals surface area contributed by atoms with Crippen LogP contribution in [0.4, 0.5) is 26.3 Å². The first-order chi connectivity index (χ1) is 22.8. The predicted octanol–water partition coefficient (Wildman–Crippen LogP) is 9.49. The molecule has 0 saturated heterocycles. The van der Waals surface area contributed by atoms with Gasteiger partial charge in [0.1, 0.15) is 11.4 Å². The summed E-state index contributed by atoms with van der Waals surface area (Å²) in [6.45, 7) is 9.45. The number of rotatable bonds is 9. The number of carbonyl (C=O) groups is 1. The van der Waals surface area contributed by atoms with Gasteiger partial charge in [0.15, 0.2) is 19.8 Å². The summed E-state index contributed by atoms with van der Waals surface area (Å²) in [5, 5.41) is 12.4. The van der Waals surface area contributed by atoms with Crippen LogP contribution in [0, 0.1) is 0 Å². The molecule has 3 aromatic heterocycles. The highest BCUT2D eigenvalue weighted by Gasteiger charge is 2.40. The van der Waals surface area contributed by atoms with E-state index >= 15 is 0 Å². The van der Waals surface area contributed by atoms with Gasteiger partial charge in [-0.25, -0.2) is 4.68 Å². The van der Waals surface area contributed by atoms with Crippen molar-refractivity contribution in [3.05, 3.63) is 106 Å². The van der Waals surface area contributed by atoms with E-state index < -0.39 is 44.1 Å². The highest BCUT2D eigenvalue weighted by atomic mass is 35.5. The quantitative estimate of drug-likeness (QED) is 0.0850. The highest BCUT2D eigenvalue weighted by molar-refractivity contribution is 6.74. The minimum Gasteiger partial charge on any atom is -0.409 e. The molecule has 8 nitrogen and oxygen atoms in total. The summed E-state index contributed by atoms with van der Waals surface area (Å²) >= 11 is 6.49. The smallest absolute Gasteiger partial charge is 0.409 e. The van der Waals surface area contributed by atoms with E-state index in [1.165, 1.54) is 24.5 Å². The van der Waals surface area contributed by atoms with Crippen LogP contribution >= 0.6 is 11.6 Å². The molecule has 0 aliphatic heterocycles. The molecule has 0 spiro atoms. The average molecular weight is 722 g/mol. The SMILES string of the molecule is CC(C)(C)[Si](C)(C)OCc1onc(-c2ccccc2Cl)c1C(=O)c1nnn(Cc2cc(C(F)(F)F)cc(C(F)(F)F)c2)c1-c1ccncc1. The summed E-state index contributed by atoms with van der Waals surface area (Å²) in [5.74, 6) is -0.657. The van der Waals surface area contributed by atoms with Crippen LogP contribution in [0.15, 0.2) is 71.5 Å². The first kappa shape index (κ1) is 36.0. The first-order valence-corrected chi connectivity index (χ1v) is 18.1. The van der Waals surface area contributed by atoms with Crippen molar-refractivity contribution in [2.45, 2.75) is 64.4 Å². The van der Waals surface area contributed by atoms with Gasteiger partial charge in [-0.05, 0) is 60.1 Å². The lowest BCUT2D eigenvalue weighted by Crippen LogP contribution is -2.40. The van der Waals surface area contributed by atoms with Crippen molar-refractivity contribution < 1.29 is 40.1 Å². The van der Waals surface area contributed by atoms with Crippen LogP contribution in [-0.2, 0) is 29.9 Å². The first-order valence-electron chi connectivity index (χ1n) is 14.8. The number of benzene rings is 2. The summed E-state index contributed by atoms with van der Waals surface area (Å²) in [6, 6.07) is 10.9. The number of pyridine rings is 1. The number of halogens is 7. The zero-order valence-corrected chi connectivity index (χ0v) is 28.6. The molecule has 0 bridgehead atoms. The molecule has 5 aromatic rings. The number of hydrogen-bond donors (Lipinski definition) is 0. The van der Waals surface area contributed by atoms with Crippen LogP contribution in [-0.4, -0.2) is 39.2 Å². The Kier molecular flexibility index (Phi) is 9.66. The zero-order chi connectivity index (χ0) is 35.9. The Bertz CT molecular complexity index is 1950. The van der Waals surface area contributed by atoms with Crippen molar-refractivity contribution in [2.75, 3.05) is 0 Å². The third kappa shape index (κ3) is 7.63. The molecule has 0 unspecified atom stereocenters. The van der Waals surface area contributed by atoms with Gasteiger partial charge in [-0.1, -0.05) is 60.9 Å². The number of carbonyl (C=O) groups excluding carboxylic acids is 1. The van der Waals surface area contributed by atoms with E-state index in [0.29, 0.717) is 23.3 Å². The molecule has 0 atom stereocenters. The van der Waals surface area contributed by atoms with E-state index in [0.717, 1.165) is 4.68 Å². The van der Waals surface area contributed by atoms with Crippen LogP contribution < -0.4 is 0 Å². The van der Waals surface area contributed by atoms with Crippen LogP contribution in [0.5, 0.6) is 0 Å². The fraction of sp³-hybridized carbons (Fsp3) is 0.303. The van der Waals surface area contributed by atoms with Crippen molar-refractivity contribution in [3.63, 3.8) is 0 Å². The molecule has 258 valence electrons. The lowest BCUT2D eigenvalue weighted by atomic mass is 9.98. The lowest BCUT2D eigenvalue weighted by molar-refractivity contribution is -0.143. The maximum Gasteiger partial charge on any atom is 0.416 e. The van der Waals surface area contributed by atoms with E-state index in [1.807, 2.05) is 33.9 Å². The average Bonchev–Trinajstić information content (AvgIpc) is 3.63.